The van der Waals surface area contributed by atoms with Crippen molar-refractivity contribution in [2.45, 2.75) is 50.7 Å². The molecule has 1 aromatic heterocycles. The second-order valence-electron chi connectivity index (χ2n) is 7.47. The lowest BCUT2D eigenvalue weighted by Gasteiger charge is -2.32. The summed E-state index contributed by atoms with van der Waals surface area (Å²) in [6.45, 7) is 9.70. The van der Waals surface area contributed by atoms with Crippen LogP contribution >= 0.6 is 0 Å². The van der Waals surface area contributed by atoms with Gasteiger partial charge in [-0.2, -0.15) is 0 Å². The Kier molecular flexibility index (Phi) is 4.63. The molecule has 2 heterocycles. The number of rotatable bonds is 4. The third kappa shape index (κ3) is 3.49. The van der Waals surface area contributed by atoms with E-state index in [1.54, 1.807) is 36.5 Å². The van der Waals surface area contributed by atoms with Gasteiger partial charge in [-0.05, 0) is 52.8 Å². The molecule has 1 fully saturated rings. The first-order valence-electron chi connectivity index (χ1n) is 8.41. The lowest BCUT2D eigenvalue weighted by Crippen LogP contribution is -2.41. The lowest BCUT2D eigenvalue weighted by atomic mass is 9.78. The number of hydrogen-bond acceptors (Lipinski definition) is 5. The van der Waals surface area contributed by atoms with Crippen molar-refractivity contribution in [3.63, 3.8) is 0 Å². The van der Waals surface area contributed by atoms with E-state index < -0.39 is 28.3 Å². The number of pyridine rings is 1. The van der Waals surface area contributed by atoms with Gasteiger partial charge in [0.2, 0.25) is 0 Å². The highest BCUT2D eigenvalue weighted by Crippen LogP contribution is 2.37. The average molecular weight is 374 g/mol. The van der Waals surface area contributed by atoms with Crippen molar-refractivity contribution in [3.8, 4) is 0 Å². The smallest absolute Gasteiger partial charge is 0.399 e. The van der Waals surface area contributed by atoms with Crippen LogP contribution in [0, 0.1) is 6.92 Å². The SMILES string of the molecule is Cc1ccc(S(=O)(=O)Nc2cnccc2B2OC(C)(C)C(C)(C)O2)cc1. The van der Waals surface area contributed by atoms with Crippen molar-refractivity contribution >= 4 is 28.3 Å². The number of benzene rings is 1. The molecule has 1 aromatic carbocycles. The maximum atomic E-state index is 12.7. The number of hydrogen-bond donors (Lipinski definition) is 1. The Bertz CT molecular complexity index is 895. The molecule has 0 aliphatic carbocycles. The van der Waals surface area contributed by atoms with Crippen LogP contribution in [0.1, 0.15) is 33.3 Å². The van der Waals surface area contributed by atoms with Crippen LogP contribution in [0.3, 0.4) is 0 Å². The standard InChI is InChI=1S/C18H23BN2O4S/c1-13-6-8-14(9-7-13)26(22,23)21-16-12-20-11-10-15(16)19-24-17(2,3)18(4,5)25-19/h6-12,21H,1-5H3. The van der Waals surface area contributed by atoms with E-state index >= 15 is 0 Å². The first-order valence-corrected chi connectivity index (χ1v) is 9.89. The second-order valence-corrected chi connectivity index (χ2v) is 9.15. The van der Waals surface area contributed by atoms with Gasteiger partial charge in [0.15, 0.2) is 0 Å². The van der Waals surface area contributed by atoms with E-state index in [2.05, 4.69) is 9.71 Å². The molecule has 26 heavy (non-hydrogen) atoms. The van der Waals surface area contributed by atoms with Gasteiger partial charge in [0.25, 0.3) is 10.0 Å². The molecular weight excluding hydrogens is 351 g/mol. The Labute approximate surface area is 155 Å². The van der Waals surface area contributed by atoms with Gasteiger partial charge < -0.3 is 9.31 Å². The lowest BCUT2D eigenvalue weighted by molar-refractivity contribution is 0.00578. The molecule has 1 saturated heterocycles. The fourth-order valence-electron chi connectivity index (χ4n) is 2.59. The van der Waals surface area contributed by atoms with E-state index in [1.807, 2.05) is 34.6 Å². The fraction of sp³-hybridized carbons (Fsp3) is 0.389. The van der Waals surface area contributed by atoms with Crippen molar-refractivity contribution < 1.29 is 17.7 Å². The minimum Gasteiger partial charge on any atom is -0.399 e. The van der Waals surface area contributed by atoms with Crippen molar-refractivity contribution in [1.29, 1.82) is 0 Å². The Morgan fingerprint density at radius 3 is 2.15 bits per heavy atom. The Morgan fingerprint density at radius 1 is 1.00 bits per heavy atom. The number of sulfonamides is 1. The Morgan fingerprint density at radius 2 is 1.58 bits per heavy atom. The monoisotopic (exact) mass is 374 g/mol. The molecule has 0 spiro atoms. The molecule has 2 aromatic rings. The topological polar surface area (TPSA) is 77.5 Å². The van der Waals surface area contributed by atoms with Crippen LogP contribution in [0.25, 0.3) is 0 Å². The second kappa shape index (κ2) is 6.37. The highest BCUT2D eigenvalue weighted by atomic mass is 32.2. The van der Waals surface area contributed by atoms with E-state index in [9.17, 15) is 8.42 Å². The van der Waals surface area contributed by atoms with Crippen molar-refractivity contribution in [3.05, 3.63) is 48.3 Å². The summed E-state index contributed by atoms with van der Waals surface area (Å²) in [5.41, 5.74) is 0.881. The van der Waals surface area contributed by atoms with Crippen LogP contribution in [0.4, 0.5) is 5.69 Å². The van der Waals surface area contributed by atoms with E-state index in [4.69, 9.17) is 9.31 Å². The summed E-state index contributed by atoms with van der Waals surface area (Å²) in [4.78, 5) is 4.23. The number of nitrogens with zero attached hydrogens (tertiary/aromatic N) is 1. The quantitative estimate of drug-likeness (QED) is 0.832. The summed E-state index contributed by atoms with van der Waals surface area (Å²) in [6.07, 6.45) is 3.05. The Hall–Kier alpha value is -1.90. The van der Waals surface area contributed by atoms with Crippen LogP contribution in [0.5, 0.6) is 0 Å². The third-order valence-electron chi connectivity index (χ3n) is 4.94. The summed E-state index contributed by atoms with van der Waals surface area (Å²) in [5.74, 6) is 0. The van der Waals surface area contributed by atoms with Gasteiger partial charge in [-0.15, -0.1) is 0 Å². The molecule has 6 nitrogen and oxygen atoms in total. The molecule has 0 bridgehead atoms. The molecule has 1 aliphatic heterocycles. The summed E-state index contributed by atoms with van der Waals surface area (Å²) in [6, 6.07) is 8.36. The molecule has 1 aliphatic rings. The normalized spacial score (nSPS) is 18.7. The molecule has 8 heteroatoms. The van der Waals surface area contributed by atoms with E-state index in [0.717, 1.165) is 5.56 Å². The van der Waals surface area contributed by atoms with Gasteiger partial charge in [-0.25, -0.2) is 8.42 Å². The van der Waals surface area contributed by atoms with Gasteiger partial charge in [0, 0.05) is 11.7 Å². The predicted octanol–water partition coefficient (Wildman–Crippen LogP) is 2.49. The van der Waals surface area contributed by atoms with Crippen molar-refractivity contribution in [2.24, 2.45) is 0 Å². The fourth-order valence-corrected chi connectivity index (χ4v) is 3.66. The van der Waals surface area contributed by atoms with Gasteiger partial charge in [-0.1, -0.05) is 17.7 Å². The number of aromatic nitrogens is 1. The number of anilines is 1. The van der Waals surface area contributed by atoms with Crippen LogP contribution in [0.2, 0.25) is 0 Å². The zero-order valence-electron chi connectivity index (χ0n) is 15.6. The largest absolute Gasteiger partial charge is 0.497 e. The number of aryl methyl sites for hydroxylation is 1. The summed E-state index contributed by atoms with van der Waals surface area (Å²) >= 11 is 0. The molecule has 0 amide bonds. The maximum Gasteiger partial charge on any atom is 0.497 e. The van der Waals surface area contributed by atoms with Crippen LogP contribution < -0.4 is 10.2 Å². The summed E-state index contributed by atoms with van der Waals surface area (Å²) in [5, 5.41) is 0. The molecule has 0 saturated carbocycles. The molecule has 138 valence electrons. The molecule has 0 radical (unpaired) electrons. The first kappa shape index (κ1) is 18.9. The van der Waals surface area contributed by atoms with Gasteiger partial charge in [0.05, 0.1) is 28.0 Å². The van der Waals surface area contributed by atoms with Gasteiger partial charge in [-0.3, -0.25) is 9.71 Å². The molecular formula is C18H23BN2O4S. The molecule has 0 atom stereocenters. The minimum atomic E-state index is -3.74. The third-order valence-corrected chi connectivity index (χ3v) is 6.32. The zero-order chi connectivity index (χ0) is 19.2. The number of nitrogens with one attached hydrogen (secondary N) is 1. The molecule has 0 unspecified atom stereocenters. The first-order chi connectivity index (χ1) is 12.0. The van der Waals surface area contributed by atoms with Gasteiger partial charge in [0.1, 0.15) is 0 Å². The zero-order valence-corrected chi connectivity index (χ0v) is 16.4. The van der Waals surface area contributed by atoms with E-state index in [1.165, 1.54) is 6.20 Å². The molecule has 3 rings (SSSR count). The van der Waals surface area contributed by atoms with Gasteiger partial charge >= 0.3 is 7.12 Å². The van der Waals surface area contributed by atoms with Crippen LogP contribution in [-0.2, 0) is 19.3 Å². The minimum absolute atomic E-state index is 0.187. The van der Waals surface area contributed by atoms with Crippen molar-refractivity contribution in [1.82, 2.24) is 4.98 Å². The Balaban J connectivity index is 1.92. The highest BCUT2D eigenvalue weighted by Gasteiger charge is 2.52. The van der Waals surface area contributed by atoms with E-state index in [-0.39, 0.29) is 4.90 Å². The average Bonchev–Trinajstić information content (AvgIpc) is 2.76. The van der Waals surface area contributed by atoms with Crippen LogP contribution in [0.15, 0.2) is 47.6 Å². The maximum absolute atomic E-state index is 12.7. The van der Waals surface area contributed by atoms with E-state index in [0.29, 0.717) is 11.2 Å². The summed E-state index contributed by atoms with van der Waals surface area (Å²) < 4.78 is 40.1. The molecule has 1 N–H and O–H groups in total. The van der Waals surface area contributed by atoms with Crippen LogP contribution in [-0.4, -0.2) is 31.7 Å². The highest BCUT2D eigenvalue weighted by molar-refractivity contribution is 7.92. The predicted molar refractivity (Wildman–Crippen MR) is 102 cm³/mol. The summed E-state index contributed by atoms with van der Waals surface area (Å²) in [7, 11) is -4.42. The van der Waals surface area contributed by atoms with Crippen molar-refractivity contribution in [2.75, 3.05) is 4.72 Å².